The van der Waals surface area contributed by atoms with Crippen LogP contribution < -0.4 is 19.7 Å². The third kappa shape index (κ3) is 5.92. The van der Waals surface area contributed by atoms with Crippen molar-refractivity contribution in [2.75, 3.05) is 44.7 Å². The summed E-state index contributed by atoms with van der Waals surface area (Å²) in [6.07, 6.45) is 5.22. The van der Waals surface area contributed by atoms with Crippen LogP contribution in [0.25, 0.3) is 16.5 Å². The zero-order chi connectivity index (χ0) is 28.9. The Labute approximate surface area is 235 Å². The van der Waals surface area contributed by atoms with E-state index < -0.39 is 5.82 Å². The number of allylic oxidation sites excluding steroid dienone is 4. The Kier molecular flexibility index (Phi) is 8.02. The third-order valence-corrected chi connectivity index (χ3v) is 6.52. The number of ketones is 2. The van der Waals surface area contributed by atoms with Gasteiger partial charge in [0.25, 0.3) is 0 Å². The van der Waals surface area contributed by atoms with Crippen LogP contribution in [0.15, 0.2) is 79.2 Å². The molecule has 3 aromatic carbocycles. The van der Waals surface area contributed by atoms with Gasteiger partial charge in [-0.2, -0.15) is 0 Å². The van der Waals surface area contributed by atoms with Crippen LogP contribution in [0.1, 0.15) is 5.56 Å². The van der Waals surface area contributed by atoms with Crippen molar-refractivity contribution in [3.05, 3.63) is 90.5 Å². The molecule has 208 valence electrons. The second-order valence-electron chi connectivity index (χ2n) is 9.14. The summed E-state index contributed by atoms with van der Waals surface area (Å²) in [5.41, 5.74) is 3.14. The van der Waals surface area contributed by atoms with Crippen LogP contribution in [0.4, 0.5) is 27.3 Å². The van der Waals surface area contributed by atoms with Gasteiger partial charge in [0.1, 0.15) is 24.6 Å². The van der Waals surface area contributed by atoms with Gasteiger partial charge in [0, 0.05) is 53.8 Å². The number of hydrogen-bond donors (Lipinski definition) is 1. The van der Waals surface area contributed by atoms with Crippen LogP contribution in [0, 0.1) is 5.82 Å². The lowest BCUT2D eigenvalue weighted by Gasteiger charge is -2.24. The third-order valence-electron chi connectivity index (χ3n) is 6.52. The molecule has 9 nitrogen and oxygen atoms in total. The summed E-state index contributed by atoms with van der Waals surface area (Å²) in [6.45, 7) is 0.769. The van der Waals surface area contributed by atoms with Crippen molar-refractivity contribution in [1.82, 2.24) is 9.97 Å². The molecule has 0 fully saturated rings. The molecule has 1 aromatic heterocycles. The zero-order valence-electron chi connectivity index (χ0n) is 22.7. The predicted octanol–water partition coefficient (Wildman–Crippen LogP) is 5.41. The number of halogens is 1. The molecular weight excluding hydrogens is 527 g/mol. The maximum atomic E-state index is 14.0. The van der Waals surface area contributed by atoms with Crippen molar-refractivity contribution in [3.8, 4) is 11.5 Å². The fourth-order valence-electron chi connectivity index (χ4n) is 4.47. The molecule has 0 saturated carbocycles. The number of carbonyl (C=O) groups excluding carboxylic acids is 2. The largest absolute Gasteiger partial charge is 0.493 e. The highest BCUT2D eigenvalue weighted by Crippen LogP contribution is 2.38. The number of anilines is 4. The Morgan fingerprint density at radius 2 is 1.80 bits per heavy atom. The van der Waals surface area contributed by atoms with E-state index >= 15 is 0 Å². The Bertz CT molecular complexity index is 1700. The number of carbonyl (C=O) groups is 2. The predicted molar refractivity (Wildman–Crippen MR) is 155 cm³/mol. The number of nitrogens with one attached hydrogen (secondary N) is 1. The first kappa shape index (κ1) is 27.5. The number of aromatic nitrogens is 2. The van der Waals surface area contributed by atoms with Gasteiger partial charge in [-0.05, 0) is 60.7 Å². The minimum atomic E-state index is -0.390. The molecule has 0 aliphatic heterocycles. The lowest BCUT2D eigenvalue weighted by molar-refractivity contribution is -0.113. The molecule has 41 heavy (non-hydrogen) atoms. The minimum absolute atomic E-state index is 0.228. The molecule has 0 amide bonds. The second-order valence-corrected chi connectivity index (χ2v) is 9.14. The Balaban J connectivity index is 1.56. The average molecular weight is 555 g/mol. The Hall–Kier alpha value is -5.09. The summed E-state index contributed by atoms with van der Waals surface area (Å²) in [5.74, 6) is 0.521. The molecule has 4 aromatic rings. The number of methoxy groups -OCH3 is 2. The SMILES string of the molecule is COCCOc1cc2ncnc(Nc3ccc(N(C)c4cccc(F)c4)c(C4=CC(=O)C=CC4=O)c3)c2cc1OC. The van der Waals surface area contributed by atoms with Crippen molar-refractivity contribution in [3.63, 3.8) is 0 Å². The Morgan fingerprint density at radius 1 is 0.951 bits per heavy atom. The van der Waals surface area contributed by atoms with Gasteiger partial charge in [-0.15, -0.1) is 0 Å². The van der Waals surface area contributed by atoms with E-state index in [0.717, 1.165) is 0 Å². The molecule has 1 aliphatic rings. The first-order chi connectivity index (χ1) is 19.9. The normalized spacial score (nSPS) is 12.8. The number of benzene rings is 3. The highest BCUT2D eigenvalue weighted by atomic mass is 19.1. The van der Waals surface area contributed by atoms with Crippen LogP contribution in [-0.4, -0.2) is 56.0 Å². The molecule has 0 radical (unpaired) electrons. The second kappa shape index (κ2) is 12.0. The molecule has 0 unspecified atom stereocenters. The highest BCUT2D eigenvalue weighted by molar-refractivity contribution is 6.34. The molecule has 10 heteroatoms. The molecule has 0 atom stereocenters. The lowest BCUT2D eigenvalue weighted by atomic mass is 9.94. The zero-order valence-corrected chi connectivity index (χ0v) is 22.7. The standard InChI is InChI=1S/C31H27FN4O5/c1-36(21-6-4-5-19(32)13-21)27-9-7-20(14-23(27)24-15-22(37)8-10-28(24)38)35-31-25-16-29(40-3)30(41-12-11-39-2)17-26(25)33-18-34-31/h4-10,13-18H,11-12H2,1-3H3,(H,33,34,35). The molecule has 1 N–H and O–H groups in total. The van der Waals surface area contributed by atoms with Crippen LogP contribution in [0.3, 0.4) is 0 Å². The summed E-state index contributed by atoms with van der Waals surface area (Å²) in [4.78, 5) is 35.7. The molecule has 0 spiro atoms. The van der Waals surface area contributed by atoms with Crippen LogP contribution in [0.5, 0.6) is 11.5 Å². The first-order valence-corrected chi connectivity index (χ1v) is 12.7. The maximum absolute atomic E-state index is 14.0. The van der Waals surface area contributed by atoms with Gasteiger partial charge in [0.15, 0.2) is 23.1 Å². The fraction of sp³-hybridized carbons (Fsp3) is 0.161. The summed E-state index contributed by atoms with van der Waals surface area (Å²) in [5, 5.41) is 3.98. The summed E-state index contributed by atoms with van der Waals surface area (Å²) in [7, 11) is 4.91. The van der Waals surface area contributed by atoms with Gasteiger partial charge in [-0.1, -0.05) is 6.07 Å². The van der Waals surface area contributed by atoms with E-state index in [1.54, 1.807) is 62.6 Å². The molecule has 5 rings (SSSR count). The van der Waals surface area contributed by atoms with Gasteiger partial charge in [0.05, 0.1) is 19.2 Å². The summed E-state index contributed by atoms with van der Waals surface area (Å²) >= 11 is 0. The Morgan fingerprint density at radius 3 is 2.59 bits per heavy atom. The van der Waals surface area contributed by atoms with Crippen LogP contribution in [0.2, 0.25) is 0 Å². The van der Waals surface area contributed by atoms with E-state index in [1.165, 1.54) is 36.7 Å². The van der Waals surface area contributed by atoms with Crippen LogP contribution >= 0.6 is 0 Å². The molecule has 0 bridgehead atoms. The fourth-order valence-corrected chi connectivity index (χ4v) is 4.47. The molecule has 1 heterocycles. The van der Waals surface area contributed by atoms with E-state index in [-0.39, 0.29) is 17.1 Å². The number of ether oxygens (including phenoxy) is 3. The first-order valence-electron chi connectivity index (χ1n) is 12.7. The number of fused-ring (bicyclic) bond motifs is 1. The number of nitrogens with zero attached hydrogens (tertiary/aromatic N) is 3. The smallest absolute Gasteiger partial charge is 0.186 e. The van der Waals surface area contributed by atoms with Crippen molar-refractivity contribution in [2.24, 2.45) is 0 Å². The minimum Gasteiger partial charge on any atom is -0.493 e. The van der Waals surface area contributed by atoms with Crippen molar-refractivity contribution >= 4 is 50.9 Å². The highest BCUT2D eigenvalue weighted by Gasteiger charge is 2.22. The van der Waals surface area contributed by atoms with E-state index in [2.05, 4.69) is 15.3 Å². The van der Waals surface area contributed by atoms with E-state index in [9.17, 15) is 14.0 Å². The maximum Gasteiger partial charge on any atom is 0.186 e. The van der Waals surface area contributed by atoms with Crippen molar-refractivity contribution in [2.45, 2.75) is 0 Å². The lowest BCUT2D eigenvalue weighted by Crippen LogP contribution is -2.15. The monoisotopic (exact) mass is 554 g/mol. The summed E-state index contributed by atoms with van der Waals surface area (Å²) in [6, 6.07) is 15.0. The number of rotatable bonds is 10. The van der Waals surface area contributed by atoms with Gasteiger partial charge in [-0.3, -0.25) is 9.59 Å². The van der Waals surface area contributed by atoms with E-state index in [1.807, 2.05) is 6.07 Å². The molecule has 0 saturated heterocycles. The molecular formula is C31H27FN4O5. The average Bonchev–Trinajstić information content (AvgIpc) is 2.98. The van der Waals surface area contributed by atoms with Gasteiger partial charge in [0.2, 0.25) is 0 Å². The van der Waals surface area contributed by atoms with Gasteiger partial charge < -0.3 is 24.4 Å². The topological polar surface area (TPSA) is 103 Å². The van der Waals surface area contributed by atoms with E-state index in [0.29, 0.717) is 64.1 Å². The van der Waals surface area contributed by atoms with E-state index in [4.69, 9.17) is 14.2 Å². The molecule has 1 aliphatic carbocycles. The summed E-state index contributed by atoms with van der Waals surface area (Å²) < 4.78 is 30.4. The quantitative estimate of drug-likeness (QED) is 0.204. The van der Waals surface area contributed by atoms with Crippen molar-refractivity contribution < 1.29 is 28.2 Å². The van der Waals surface area contributed by atoms with Crippen LogP contribution in [-0.2, 0) is 14.3 Å². The van der Waals surface area contributed by atoms with Gasteiger partial charge in [-0.25, -0.2) is 14.4 Å². The number of hydrogen-bond acceptors (Lipinski definition) is 9. The van der Waals surface area contributed by atoms with Gasteiger partial charge >= 0.3 is 0 Å². The van der Waals surface area contributed by atoms with Crippen molar-refractivity contribution in [1.29, 1.82) is 0 Å².